The molecule has 0 aromatic carbocycles. The number of rotatable bonds is 1. The van der Waals surface area contributed by atoms with Crippen LogP contribution in [-0.4, -0.2) is 44.0 Å². The van der Waals surface area contributed by atoms with Crippen molar-refractivity contribution in [3.05, 3.63) is 0 Å². The molecule has 0 aliphatic carbocycles. The lowest BCUT2D eigenvalue weighted by Crippen LogP contribution is -2.26. The average Bonchev–Trinajstić information content (AvgIpc) is 2.53. The summed E-state index contributed by atoms with van der Waals surface area (Å²) >= 11 is 0. The maximum absolute atomic E-state index is 11.5. The van der Waals surface area contributed by atoms with Gasteiger partial charge in [-0.1, -0.05) is 6.92 Å². The van der Waals surface area contributed by atoms with E-state index in [1.807, 2.05) is 0 Å². The lowest BCUT2D eigenvalue weighted by atomic mass is 10.1. The molecule has 2 aliphatic rings. The zero-order valence-electron chi connectivity index (χ0n) is 7.36. The normalized spacial score (nSPS) is 40.1. The van der Waals surface area contributed by atoms with Gasteiger partial charge in [-0.2, -0.15) is 0 Å². The first-order chi connectivity index (χ1) is 5.63. The monoisotopic (exact) mass is 189 g/mol. The van der Waals surface area contributed by atoms with Gasteiger partial charge in [-0.15, -0.1) is 0 Å². The predicted molar refractivity (Wildman–Crippen MR) is 47.8 cm³/mol. The van der Waals surface area contributed by atoms with Crippen LogP contribution in [0.5, 0.6) is 0 Å². The number of likely N-dealkylation sites (tertiary alicyclic amines) is 1. The van der Waals surface area contributed by atoms with E-state index < -0.39 is 9.84 Å². The Labute approximate surface area is 73.7 Å². The molecule has 0 spiro atoms. The van der Waals surface area contributed by atoms with E-state index in [9.17, 15) is 8.42 Å². The Morgan fingerprint density at radius 3 is 2.75 bits per heavy atom. The highest BCUT2D eigenvalue weighted by molar-refractivity contribution is 7.92. The lowest BCUT2D eigenvalue weighted by Gasteiger charge is -2.12. The Kier molecular flexibility index (Phi) is 1.92. The van der Waals surface area contributed by atoms with Crippen molar-refractivity contribution < 1.29 is 8.42 Å². The Balaban J connectivity index is 2.17. The summed E-state index contributed by atoms with van der Waals surface area (Å²) in [6.07, 6.45) is 0.892. The highest BCUT2D eigenvalue weighted by atomic mass is 32.2. The minimum Gasteiger partial charge on any atom is -0.302 e. The molecule has 0 N–H and O–H groups in total. The number of nitrogens with zero attached hydrogens (tertiary/aromatic N) is 1. The third kappa shape index (κ3) is 1.17. The molecule has 0 aromatic rings. The van der Waals surface area contributed by atoms with Gasteiger partial charge in [-0.3, -0.25) is 0 Å². The molecular formula is C8H15NO2S. The fraction of sp³-hybridized carbons (Fsp3) is 1.00. The van der Waals surface area contributed by atoms with E-state index in [4.69, 9.17) is 0 Å². The fourth-order valence-electron chi connectivity index (χ4n) is 2.34. The zero-order chi connectivity index (χ0) is 8.77. The molecule has 2 rings (SSSR count). The van der Waals surface area contributed by atoms with Crippen LogP contribution >= 0.6 is 0 Å². The second-order valence-corrected chi connectivity index (χ2v) is 6.15. The maximum Gasteiger partial charge on any atom is 0.154 e. The van der Waals surface area contributed by atoms with Gasteiger partial charge >= 0.3 is 0 Å². The first-order valence-corrected chi connectivity index (χ1v) is 6.29. The van der Waals surface area contributed by atoms with Crippen molar-refractivity contribution in [2.45, 2.75) is 18.6 Å². The van der Waals surface area contributed by atoms with Crippen LogP contribution in [0, 0.1) is 5.92 Å². The van der Waals surface area contributed by atoms with E-state index in [0.29, 0.717) is 11.7 Å². The summed E-state index contributed by atoms with van der Waals surface area (Å²) in [6, 6.07) is 0. The van der Waals surface area contributed by atoms with Crippen LogP contribution in [0.1, 0.15) is 13.3 Å². The molecule has 0 bridgehead atoms. The molecule has 2 aliphatic heterocycles. The molecule has 0 saturated carbocycles. The van der Waals surface area contributed by atoms with Gasteiger partial charge in [0.2, 0.25) is 0 Å². The molecular weight excluding hydrogens is 174 g/mol. The summed E-state index contributed by atoms with van der Waals surface area (Å²) in [5.74, 6) is 0.870. The van der Waals surface area contributed by atoms with E-state index >= 15 is 0 Å². The first kappa shape index (κ1) is 8.51. The van der Waals surface area contributed by atoms with Crippen LogP contribution in [0.4, 0.5) is 0 Å². The zero-order valence-corrected chi connectivity index (χ0v) is 8.18. The molecule has 70 valence electrons. The minimum atomic E-state index is -2.71. The van der Waals surface area contributed by atoms with Crippen LogP contribution in [0.3, 0.4) is 0 Å². The van der Waals surface area contributed by atoms with Gasteiger partial charge < -0.3 is 4.90 Å². The van der Waals surface area contributed by atoms with Crippen molar-refractivity contribution in [3.8, 4) is 0 Å². The van der Waals surface area contributed by atoms with E-state index in [0.717, 1.165) is 26.1 Å². The van der Waals surface area contributed by atoms with Gasteiger partial charge in [-0.05, 0) is 18.9 Å². The van der Waals surface area contributed by atoms with Gasteiger partial charge in [0.05, 0.1) is 11.0 Å². The van der Waals surface area contributed by atoms with E-state index in [1.54, 1.807) is 0 Å². The molecule has 2 fully saturated rings. The van der Waals surface area contributed by atoms with Crippen molar-refractivity contribution in [2.24, 2.45) is 5.92 Å². The highest BCUT2D eigenvalue weighted by Gasteiger charge is 2.45. The number of fused-ring (bicyclic) bond motifs is 1. The molecule has 0 amide bonds. The topological polar surface area (TPSA) is 37.4 Å². The van der Waals surface area contributed by atoms with Crippen molar-refractivity contribution in [1.82, 2.24) is 4.90 Å². The Morgan fingerprint density at radius 2 is 2.17 bits per heavy atom. The summed E-state index contributed by atoms with van der Waals surface area (Å²) in [7, 11) is -2.71. The third-order valence-electron chi connectivity index (χ3n) is 3.14. The summed E-state index contributed by atoms with van der Waals surface area (Å²) in [5.41, 5.74) is 0. The third-order valence-corrected chi connectivity index (χ3v) is 5.40. The van der Waals surface area contributed by atoms with Crippen LogP contribution < -0.4 is 0 Å². The Morgan fingerprint density at radius 1 is 1.42 bits per heavy atom. The minimum absolute atomic E-state index is 0.0301. The van der Waals surface area contributed by atoms with E-state index in [1.165, 1.54) is 0 Å². The molecule has 4 heteroatoms. The number of hydrogen-bond donors (Lipinski definition) is 0. The SMILES string of the molecule is CCN1C[C@H]2CCS(=O)(=O)[C@H]2C1. The summed E-state index contributed by atoms with van der Waals surface area (Å²) in [6.45, 7) is 4.86. The van der Waals surface area contributed by atoms with E-state index in [-0.39, 0.29) is 5.25 Å². The Bertz CT molecular complexity index is 273. The van der Waals surface area contributed by atoms with Crippen LogP contribution in [0.2, 0.25) is 0 Å². The number of sulfone groups is 1. The van der Waals surface area contributed by atoms with Gasteiger partial charge in [-0.25, -0.2) is 8.42 Å². The molecule has 2 heterocycles. The van der Waals surface area contributed by atoms with E-state index in [2.05, 4.69) is 11.8 Å². The quantitative estimate of drug-likeness (QED) is 0.588. The molecule has 2 atom stereocenters. The van der Waals surface area contributed by atoms with Crippen LogP contribution in [0.25, 0.3) is 0 Å². The van der Waals surface area contributed by atoms with Gasteiger partial charge in [0.15, 0.2) is 9.84 Å². The second kappa shape index (κ2) is 2.70. The Hall–Kier alpha value is -0.0900. The second-order valence-electron chi connectivity index (χ2n) is 3.81. The van der Waals surface area contributed by atoms with Crippen molar-refractivity contribution in [2.75, 3.05) is 25.4 Å². The first-order valence-electron chi connectivity index (χ1n) is 4.57. The predicted octanol–water partition coefficient (Wildman–Crippen LogP) is 0.125. The molecule has 0 aromatic heterocycles. The smallest absolute Gasteiger partial charge is 0.154 e. The standard InChI is InChI=1S/C8H15NO2S/c1-2-9-5-7-3-4-12(10,11)8(7)6-9/h7-8H,2-6H2,1H3/t7-,8+/m1/s1. The maximum atomic E-state index is 11.5. The van der Waals surface area contributed by atoms with Crippen molar-refractivity contribution in [1.29, 1.82) is 0 Å². The number of hydrogen-bond acceptors (Lipinski definition) is 3. The molecule has 12 heavy (non-hydrogen) atoms. The molecule has 0 unspecified atom stereocenters. The van der Waals surface area contributed by atoms with Crippen LogP contribution in [0.15, 0.2) is 0 Å². The molecule has 2 saturated heterocycles. The van der Waals surface area contributed by atoms with Crippen molar-refractivity contribution in [3.63, 3.8) is 0 Å². The fourth-order valence-corrected chi connectivity index (χ4v) is 4.52. The van der Waals surface area contributed by atoms with Crippen molar-refractivity contribution >= 4 is 9.84 Å². The van der Waals surface area contributed by atoms with Gasteiger partial charge in [0, 0.05) is 13.1 Å². The molecule has 3 nitrogen and oxygen atoms in total. The highest BCUT2D eigenvalue weighted by Crippen LogP contribution is 2.33. The largest absolute Gasteiger partial charge is 0.302 e. The lowest BCUT2D eigenvalue weighted by molar-refractivity contribution is 0.339. The molecule has 0 radical (unpaired) electrons. The van der Waals surface area contributed by atoms with Gasteiger partial charge in [0.1, 0.15) is 0 Å². The summed E-state index contributed by atoms with van der Waals surface area (Å²) in [4.78, 5) is 2.24. The average molecular weight is 189 g/mol. The van der Waals surface area contributed by atoms with Crippen LogP contribution in [-0.2, 0) is 9.84 Å². The summed E-state index contributed by atoms with van der Waals surface area (Å²) < 4.78 is 23.0. The summed E-state index contributed by atoms with van der Waals surface area (Å²) in [5, 5.41) is -0.0301. The van der Waals surface area contributed by atoms with Gasteiger partial charge in [0.25, 0.3) is 0 Å².